The minimum absolute atomic E-state index is 0.765. The van der Waals surface area contributed by atoms with E-state index in [0.717, 1.165) is 24.9 Å². The largest absolute Gasteiger partial charge is 0.492 e. The smallest absolute Gasteiger partial charge is 0.125 e. The average Bonchev–Trinajstić information content (AvgIpc) is 2.98. The van der Waals surface area contributed by atoms with Gasteiger partial charge >= 0.3 is 0 Å². The lowest BCUT2D eigenvalue weighted by atomic mass is 10.1. The Labute approximate surface area is 98.0 Å². The van der Waals surface area contributed by atoms with Crippen molar-refractivity contribution >= 4 is 0 Å². The van der Waals surface area contributed by atoms with Crippen LogP contribution in [0.3, 0.4) is 0 Å². The molecule has 1 N–H and O–H groups in total. The first-order valence-corrected chi connectivity index (χ1v) is 6.11. The van der Waals surface area contributed by atoms with Crippen molar-refractivity contribution in [2.45, 2.75) is 39.7 Å². The lowest BCUT2D eigenvalue weighted by Crippen LogP contribution is -2.23. The van der Waals surface area contributed by atoms with Crippen molar-refractivity contribution in [1.82, 2.24) is 5.32 Å². The predicted octanol–water partition coefficient (Wildman–Crippen LogP) is 2.74. The third kappa shape index (κ3) is 2.99. The van der Waals surface area contributed by atoms with Gasteiger partial charge in [-0.2, -0.15) is 0 Å². The second-order valence-corrected chi connectivity index (χ2v) is 4.80. The van der Waals surface area contributed by atoms with Gasteiger partial charge in [-0.3, -0.25) is 0 Å². The van der Waals surface area contributed by atoms with Gasteiger partial charge in [-0.1, -0.05) is 17.7 Å². The van der Waals surface area contributed by atoms with Gasteiger partial charge in [-0.25, -0.2) is 0 Å². The van der Waals surface area contributed by atoms with Crippen LogP contribution in [0.2, 0.25) is 0 Å². The molecule has 2 heteroatoms. The molecule has 0 aromatic heterocycles. The summed E-state index contributed by atoms with van der Waals surface area (Å²) in [4.78, 5) is 0. The zero-order valence-electron chi connectivity index (χ0n) is 10.5. The van der Waals surface area contributed by atoms with Gasteiger partial charge in [0.1, 0.15) is 12.4 Å². The highest BCUT2D eigenvalue weighted by Crippen LogP contribution is 2.24. The van der Waals surface area contributed by atoms with E-state index in [4.69, 9.17) is 4.74 Å². The highest BCUT2D eigenvalue weighted by Gasteiger charge is 2.19. The zero-order chi connectivity index (χ0) is 11.5. The van der Waals surface area contributed by atoms with Crippen LogP contribution in [0.5, 0.6) is 5.75 Å². The fourth-order valence-corrected chi connectivity index (χ4v) is 2.10. The SMILES string of the molecule is Cc1cc(C)c(OCCNC2CC2)c(C)c1. The van der Waals surface area contributed by atoms with Crippen molar-refractivity contribution in [3.05, 3.63) is 28.8 Å². The van der Waals surface area contributed by atoms with E-state index in [1.54, 1.807) is 0 Å². The van der Waals surface area contributed by atoms with Gasteiger partial charge in [0.15, 0.2) is 0 Å². The molecule has 0 atom stereocenters. The van der Waals surface area contributed by atoms with E-state index in [2.05, 4.69) is 38.2 Å². The molecule has 0 unspecified atom stereocenters. The van der Waals surface area contributed by atoms with E-state index >= 15 is 0 Å². The molecule has 0 bridgehead atoms. The van der Waals surface area contributed by atoms with Gasteiger partial charge in [0.05, 0.1) is 0 Å². The first-order chi connectivity index (χ1) is 7.66. The molecule has 1 aliphatic carbocycles. The topological polar surface area (TPSA) is 21.3 Å². The van der Waals surface area contributed by atoms with Crippen LogP contribution in [-0.4, -0.2) is 19.2 Å². The quantitative estimate of drug-likeness (QED) is 0.769. The molecule has 0 spiro atoms. The third-order valence-electron chi connectivity index (χ3n) is 2.96. The van der Waals surface area contributed by atoms with Gasteiger partial charge in [0, 0.05) is 12.6 Å². The zero-order valence-corrected chi connectivity index (χ0v) is 10.5. The molecule has 0 amide bonds. The number of benzene rings is 1. The fourth-order valence-electron chi connectivity index (χ4n) is 2.10. The Kier molecular flexibility index (Phi) is 3.49. The van der Waals surface area contributed by atoms with Crippen molar-refractivity contribution in [2.75, 3.05) is 13.2 Å². The van der Waals surface area contributed by atoms with Gasteiger partial charge < -0.3 is 10.1 Å². The summed E-state index contributed by atoms with van der Waals surface area (Å²) in [7, 11) is 0. The highest BCUT2D eigenvalue weighted by molar-refractivity contribution is 5.42. The summed E-state index contributed by atoms with van der Waals surface area (Å²) in [5, 5.41) is 3.45. The first kappa shape index (κ1) is 11.5. The third-order valence-corrected chi connectivity index (χ3v) is 2.96. The second kappa shape index (κ2) is 4.88. The number of aryl methyl sites for hydroxylation is 3. The molecule has 1 saturated carbocycles. The van der Waals surface area contributed by atoms with Crippen LogP contribution in [0.25, 0.3) is 0 Å². The summed E-state index contributed by atoms with van der Waals surface area (Å²) in [6.45, 7) is 8.07. The van der Waals surface area contributed by atoms with E-state index in [0.29, 0.717) is 0 Å². The normalized spacial score (nSPS) is 15.2. The average molecular weight is 219 g/mol. The molecule has 0 saturated heterocycles. The maximum Gasteiger partial charge on any atom is 0.125 e. The van der Waals surface area contributed by atoms with Crippen molar-refractivity contribution in [3.8, 4) is 5.75 Å². The lowest BCUT2D eigenvalue weighted by molar-refractivity contribution is 0.309. The number of nitrogens with one attached hydrogen (secondary N) is 1. The summed E-state index contributed by atoms with van der Waals surface area (Å²) >= 11 is 0. The van der Waals surface area contributed by atoms with Crippen LogP contribution in [0.4, 0.5) is 0 Å². The first-order valence-electron chi connectivity index (χ1n) is 6.11. The van der Waals surface area contributed by atoms with Crippen molar-refractivity contribution < 1.29 is 4.74 Å². The molecule has 1 aromatic carbocycles. The fraction of sp³-hybridized carbons (Fsp3) is 0.571. The second-order valence-electron chi connectivity index (χ2n) is 4.80. The highest BCUT2D eigenvalue weighted by atomic mass is 16.5. The summed E-state index contributed by atoms with van der Waals surface area (Å²) in [5.74, 6) is 1.06. The van der Waals surface area contributed by atoms with Crippen LogP contribution >= 0.6 is 0 Å². The van der Waals surface area contributed by atoms with Gasteiger partial charge in [0.2, 0.25) is 0 Å². The van der Waals surface area contributed by atoms with Gasteiger partial charge in [-0.15, -0.1) is 0 Å². The maximum absolute atomic E-state index is 5.84. The molecule has 0 radical (unpaired) electrons. The van der Waals surface area contributed by atoms with Gasteiger partial charge in [-0.05, 0) is 44.7 Å². The lowest BCUT2D eigenvalue weighted by Gasteiger charge is -2.13. The number of rotatable bonds is 5. The molecule has 0 aliphatic heterocycles. The van der Waals surface area contributed by atoms with Crippen molar-refractivity contribution in [3.63, 3.8) is 0 Å². The van der Waals surface area contributed by atoms with Crippen LogP contribution in [0, 0.1) is 20.8 Å². The molecule has 1 aliphatic rings. The molecule has 1 aromatic rings. The maximum atomic E-state index is 5.84. The molecule has 2 rings (SSSR count). The van der Waals surface area contributed by atoms with E-state index in [1.807, 2.05) is 0 Å². The van der Waals surface area contributed by atoms with Gasteiger partial charge in [0.25, 0.3) is 0 Å². The molecule has 1 fully saturated rings. The standard InChI is InChI=1S/C14H21NO/c1-10-8-11(2)14(12(3)9-10)16-7-6-15-13-4-5-13/h8-9,13,15H,4-7H2,1-3H3. The van der Waals surface area contributed by atoms with E-state index in [1.165, 1.54) is 29.5 Å². The molecule has 0 heterocycles. The monoisotopic (exact) mass is 219 g/mol. The molecule has 88 valence electrons. The molecular formula is C14H21NO. The van der Waals surface area contributed by atoms with E-state index in [9.17, 15) is 0 Å². The van der Waals surface area contributed by atoms with Crippen LogP contribution < -0.4 is 10.1 Å². The summed E-state index contributed by atoms with van der Waals surface area (Å²) in [6.07, 6.45) is 2.67. The summed E-state index contributed by atoms with van der Waals surface area (Å²) in [6, 6.07) is 5.12. The minimum atomic E-state index is 0.765. The number of ether oxygens (including phenoxy) is 1. The Morgan fingerprint density at radius 2 is 1.81 bits per heavy atom. The number of hydrogen-bond donors (Lipinski definition) is 1. The Bertz CT molecular complexity index is 346. The Morgan fingerprint density at radius 1 is 1.19 bits per heavy atom. The van der Waals surface area contributed by atoms with Crippen molar-refractivity contribution in [1.29, 1.82) is 0 Å². The molecule has 2 nitrogen and oxygen atoms in total. The predicted molar refractivity (Wildman–Crippen MR) is 67.2 cm³/mol. The van der Waals surface area contributed by atoms with E-state index < -0.39 is 0 Å². The Hall–Kier alpha value is -1.02. The summed E-state index contributed by atoms with van der Waals surface area (Å²) < 4.78 is 5.84. The Balaban J connectivity index is 1.87. The summed E-state index contributed by atoms with van der Waals surface area (Å²) in [5.41, 5.74) is 3.78. The van der Waals surface area contributed by atoms with E-state index in [-0.39, 0.29) is 0 Å². The van der Waals surface area contributed by atoms with Crippen molar-refractivity contribution in [2.24, 2.45) is 0 Å². The minimum Gasteiger partial charge on any atom is -0.492 e. The van der Waals surface area contributed by atoms with Crippen LogP contribution in [0.1, 0.15) is 29.5 Å². The Morgan fingerprint density at radius 3 is 2.38 bits per heavy atom. The van der Waals surface area contributed by atoms with Crippen LogP contribution in [0.15, 0.2) is 12.1 Å². The molecule has 16 heavy (non-hydrogen) atoms. The molecular weight excluding hydrogens is 198 g/mol. The van der Waals surface area contributed by atoms with Crippen LogP contribution in [-0.2, 0) is 0 Å². The number of hydrogen-bond acceptors (Lipinski definition) is 2.